The van der Waals surface area contributed by atoms with E-state index in [0.717, 1.165) is 12.0 Å². The van der Waals surface area contributed by atoms with Crippen LogP contribution in [0.3, 0.4) is 0 Å². The Labute approximate surface area is 102 Å². The minimum atomic E-state index is -0.611. The molecule has 1 aromatic rings. The fourth-order valence-corrected chi connectivity index (χ4v) is 2.00. The number of alkyl halides is 1. The van der Waals surface area contributed by atoms with Gasteiger partial charge in [-0.1, -0.05) is 40.2 Å². The molecule has 0 aromatic heterocycles. The molecule has 0 saturated heterocycles. The van der Waals surface area contributed by atoms with Crippen LogP contribution >= 0.6 is 15.9 Å². The zero-order valence-corrected chi connectivity index (χ0v) is 10.2. The maximum atomic E-state index is 12.0. The third-order valence-corrected chi connectivity index (χ3v) is 3.09. The fourth-order valence-electron chi connectivity index (χ4n) is 1.87. The van der Waals surface area contributed by atoms with E-state index in [2.05, 4.69) is 15.9 Å². The Kier molecular flexibility index (Phi) is 3.39. The number of Topliss-reactive ketones (excluding diaryl/α,β-unsaturated/α-hetero) is 1. The quantitative estimate of drug-likeness (QED) is 0.617. The number of benzene rings is 1. The molecule has 1 aliphatic rings. The molecule has 0 aliphatic heterocycles. The monoisotopic (exact) mass is 282 g/mol. The second kappa shape index (κ2) is 4.78. The zero-order chi connectivity index (χ0) is 11.5. The molecule has 0 amide bonds. The largest absolute Gasteiger partial charge is 0.453 e. The highest BCUT2D eigenvalue weighted by atomic mass is 79.9. The minimum absolute atomic E-state index is 0.0869. The van der Waals surface area contributed by atoms with Gasteiger partial charge in [0.05, 0.1) is 0 Å². The maximum Gasteiger partial charge on any atom is 0.317 e. The van der Waals surface area contributed by atoms with Crippen LogP contribution in [0.15, 0.2) is 24.3 Å². The van der Waals surface area contributed by atoms with Crippen LogP contribution in [0.5, 0.6) is 0 Å². The van der Waals surface area contributed by atoms with Gasteiger partial charge in [0.2, 0.25) is 5.78 Å². The Morgan fingerprint density at radius 1 is 1.44 bits per heavy atom. The lowest BCUT2D eigenvalue weighted by Crippen LogP contribution is -2.32. The summed E-state index contributed by atoms with van der Waals surface area (Å²) in [6.07, 6.45) is 0.747. The molecule has 0 fully saturated rings. The van der Waals surface area contributed by atoms with Gasteiger partial charge in [-0.05, 0) is 18.4 Å². The van der Waals surface area contributed by atoms with Crippen molar-refractivity contribution in [3.8, 4) is 0 Å². The van der Waals surface area contributed by atoms with Gasteiger partial charge in [0.25, 0.3) is 0 Å². The molecule has 16 heavy (non-hydrogen) atoms. The maximum absolute atomic E-state index is 12.0. The van der Waals surface area contributed by atoms with Crippen molar-refractivity contribution < 1.29 is 14.3 Å². The molecule has 4 heteroatoms. The van der Waals surface area contributed by atoms with Gasteiger partial charge in [-0.2, -0.15) is 0 Å². The average Bonchev–Trinajstić information content (AvgIpc) is 2.33. The number of hydrogen-bond donors (Lipinski definition) is 0. The van der Waals surface area contributed by atoms with Gasteiger partial charge < -0.3 is 4.74 Å². The summed E-state index contributed by atoms with van der Waals surface area (Å²) in [5.41, 5.74) is 1.72. The molecule has 0 bridgehead atoms. The first kappa shape index (κ1) is 11.3. The summed E-state index contributed by atoms with van der Waals surface area (Å²) in [5, 5.41) is 0.123. The third kappa shape index (κ3) is 2.16. The molecule has 2 rings (SSSR count). The highest BCUT2D eigenvalue weighted by Crippen LogP contribution is 2.23. The van der Waals surface area contributed by atoms with Crippen LogP contribution in [0.2, 0.25) is 0 Å². The van der Waals surface area contributed by atoms with E-state index in [1.54, 1.807) is 6.07 Å². The summed E-state index contributed by atoms with van der Waals surface area (Å²) in [4.78, 5) is 23.1. The summed E-state index contributed by atoms with van der Waals surface area (Å²) < 4.78 is 5.07. The Bertz CT molecular complexity index is 428. The van der Waals surface area contributed by atoms with Crippen LogP contribution in [0.4, 0.5) is 0 Å². The smallest absolute Gasteiger partial charge is 0.317 e. The molecule has 0 saturated carbocycles. The molecule has 0 heterocycles. The molecule has 1 atom stereocenters. The topological polar surface area (TPSA) is 43.4 Å². The van der Waals surface area contributed by atoms with Crippen LogP contribution < -0.4 is 0 Å². The molecule has 0 spiro atoms. The number of halogens is 1. The van der Waals surface area contributed by atoms with Gasteiger partial charge >= 0.3 is 5.97 Å². The third-order valence-electron chi connectivity index (χ3n) is 2.63. The Balaban J connectivity index is 2.18. The first-order chi connectivity index (χ1) is 7.72. The Hall–Kier alpha value is -1.16. The van der Waals surface area contributed by atoms with E-state index in [1.807, 2.05) is 18.2 Å². The van der Waals surface area contributed by atoms with E-state index in [0.29, 0.717) is 12.0 Å². The average molecular weight is 283 g/mol. The van der Waals surface area contributed by atoms with Crippen LogP contribution in [0, 0.1) is 0 Å². The van der Waals surface area contributed by atoms with Gasteiger partial charge in [-0.15, -0.1) is 0 Å². The molecule has 1 aliphatic carbocycles. The Morgan fingerprint density at radius 2 is 2.19 bits per heavy atom. The fraction of sp³-hybridized carbons (Fsp3) is 0.333. The van der Waals surface area contributed by atoms with Crippen molar-refractivity contribution >= 4 is 27.7 Å². The number of ketones is 1. The first-order valence-corrected chi connectivity index (χ1v) is 6.22. The van der Waals surface area contributed by atoms with Crippen molar-refractivity contribution in [3.63, 3.8) is 0 Å². The Morgan fingerprint density at radius 3 is 2.94 bits per heavy atom. The molecular formula is C12H11BrO3. The minimum Gasteiger partial charge on any atom is -0.453 e. The molecule has 84 valence electrons. The highest BCUT2D eigenvalue weighted by molar-refractivity contribution is 9.09. The lowest BCUT2D eigenvalue weighted by atomic mass is 9.89. The van der Waals surface area contributed by atoms with E-state index < -0.39 is 12.1 Å². The van der Waals surface area contributed by atoms with Crippen molar-refractivity contribution in [2.24, 2.45) is 0 Å². The standard InChI is InChI=1S/C12H11BrO3/c13-7-11(14)16-10-6-5-8-3-1-2-4-9(8)12(10)15/h1-4,10H,5-7H2. The predicted molar refractivity (Wildman–Crippen MR) is 62.8 cm³/mol. The number of hydrogen-bond acceptors (Lipinski definition) is 3. The number of esters is 1. The summed E-state index contributed by atoms with van der Waals surface area (Å²) in [5.74, 6) is -0.478. The number of fused-ring (bicyclic) bond motifs is 1. The van der Waals surface area contributed by atoms with Crippen molar-refractivity contribution in [1.29, 1.82) is 0 Å². The summed E-state index contributed by atoms with van der Waals surface area (Å²) >= 11 is 3.01. The van der Waals surface area contributed by atoms with Gasteiger partial charge in [0.15, 0.2) is 6.10 Å². The van der Waals surface area contributed by atoms with Gasteiger partial charge in [0, 0.05) is 5.56 Å². The van der Waals surface area contributed by atoms with E-state index in [1.165, 1.54) is 0 Å². The first-order valence-electron chi connectivity index (χ1n) is 5.10. The van der Waals surface area contributed by atoms with Gasteiger partial charge in [-0.25, -0.2) is 0 Å². The highest BCUT2D eigenvalue weighted by Gasteiger charge is 2.29. The molecule has 0 radical (unpaired) electrons. The second-order valence-corrected chi connectivity index (χ2v) is 4.23. The number of carbonyl (C=O) groups excluding carboxylic acids is 2. The summed E-state index contributed by atoms with van der Waals surface area (Å²) in [6, 6.07) is 7.46. The van der Waals surface area contributed by atoms with Crippen LogP contribution in [0.1, 0.15) is 22.3 Å². The van der Waals surface area contributed by atoms with Crippen LogP contribution in [0.25, 0.3) is 0 Å². The lowest BCUT2D eigenvalue weighted by Gasteiger charge is -2.22. The number of carbonyl (C=O) groups is 2. The number of rotatable bonds is 2. The lowest BCUT2D eigenvalue weighted by molar-refractivity contribution is -0.143. The van der Waals surface area contributed by atoms with E-state index in [-0.39, 0.29) is 11.1 Å². The van der Waals surface area contributed by atoms with Crippen molar-refractivity contribution in [1.82, 2.24) is 0 Å². The van der Waals surface area contributed by atoms with Crippen LogP contribution in [-0.2, 0) is 16.0 Å². The zero-order valence-electron chi connectivity index (χ0n) is 8.61. The van der Waals surface area contributed by atoms with E-state index >= 15 is 0 Å². The number of aryl methyl sites for hydroxylation is 1. The number of ether oxygens (including phenoxy) is 1. The van der Waals surface area contributed by atoms with Crippen molar-refractivity contribution in [2.45, 2.75) is 18.9 Å². The second-order valence-electron chi connectivity index (χ2n) is 3.67. The summed E-state index contributed by atoms with van der Waals surface area (Å²) in [6.45, 7) is 0. The molecule has 1 unspecified atom stereocenters. The van der Waals surface area contributed by atoms with Crippen molar-refractivity contribution in [3.05, 3.63) is 35.4 Å². The van der Waals surface area contributed by atoms with Gasteiger partial charge in [0.1, 0.15) is 5.33 Å². The van der Waals surface area contributed by atoms with E-state index in [9.17, 15) is 9.59 Å². The van der Waals surface area contributed by atoms with Crippen LogP contribution in [-0.4, -0.2) is 23.2 Å². The molecular weight excluding hydrogens is 272 g/mol. The van der Waals surface area contributed by atoms with E-state index in [4.69, 9.17) is 4.74 Å². The SMILES string of the molecule is O=C(CBr)OC1CCc2ccccc2C1=O. The normalized spacial score (nSPS) is 19.1. The molecule has 3 nitrogen and oxygen atoms in total. The predicted octanol–water partition coefficient (Wildman–Crippen LogP) is 2.12. The van der Waals surface area contributed by atoms with Crippen molar-refractivity contribution in [2.75, 3.05) is 5.33 Å². The molecule has 1 aromatic carbocycles. The van der Waals surface area contributed by atoms with Gasteiger partial charge in [-0.3, -0.25) is 9.59 Å². The summed E-state index contributed by atoms with van der Waals surface area (Å²) in [7, 11) is 0. The molecule has 0 N–H and O–H groups in total.